The first-order chi connectivity index (χ1) is 17.6. The van der Waals surface area contributed by atoms with Gasteiger partial charge in [0.15, 0.2) is 0 Å². The van der Waals surface area contributed by atoms with Crippen molar-refractivity contribution >= 4 is 27.9 Å². The number of rotatable bonds is 4. The highest BCUT2D eigenvalue weighted by atomic mass is 19.4. The standard InChI is InChI=1S/C27H15F3O7/c1-14-5-4-7-16(11-14)34-23-22(31)18-10-9-17(13-21(18)36-24(23)27(28,29)30)35-25(32)19-12-15-6-2-3-8-20(15)37-26(19)33/h2-13H,1H3. The number of aryl methyl sites for hydroxylation is 1. The Morgan fingerprint density at radius 1 is 0.838 bits per heavy atom. The van der Waals surface area contributed by atoms with Crippen molar-refractivity contribution in [2.75, 3.05) is 0 Å². The molecule has 0 bridgehead atoms. The number of fused-ring (bicyclic) bond motifs is 2. The van der Waals surface area contributed by atoms with Crippen molar-refractivity contribution in [1.29, 1.82) is 0 Å². The lowest BCUT2D eigenvalue weighted by atomic mass is 10.2. The second-order valence-electron chi connectivity index (χ2n) is 8.04. The highest BCUT2D eigenvalue weighted by molar-refractivity contribution is 5.94. The van der Waals surface area contributed by atoms with Gasteiger partial charge in [-0.3, -0.25) is 4.79 Å². The number of carbonyl (C=O) groups excluding carboxylic acids is 1. The minimum atomic E-state index is -5.07. The highest BCUT2D eigenvalue weighted by Crippen LogP contribution is 2.38. The van der Waals surface area contributed by atoms with Crippen LogP contribution in [0.1, 0.15) is 21.7 Å². The fourth-order valence-corrected chi connectivity index (χ4v) is 3.66. The van der Waals surface area contributed by atoms with Gasteiger partial charge in [0.05, 0.1) is 5.39 Å². The quantitative estimate of drug-likeness (QED) is 0.161. The molecule has 10 heteroatoms. The number of esters is 1. The Morgan fingerprint density at radius 2 is 1.62 bits per heavy atom. The van der Waals surface area contributed by atoms with Crippen LogP contribution >= 0.6 is 0 Å². The molecule has 5 aromatic rings. The second-order valence-corrected chi connectivity index (χ2v) is 8.04. The highest BCUT2D eigenvalue weighted by Gasteiger charge is 2.40. The van der Waals surface area contributed by atoms with E-state index in [1.807, 2.05) is 0 Å². The van der Waals surface area contributed by atoms with Gasteiger partial charge in [-0.15, -0.1) is 0 Å². The third-order valence-corrected chi connectivity index (χ3v) is 5.36. The Hall–Kier alpha value is -4.86. The van der Waals surface area contributed by atoms with Gasteiger partial charge in [-0.2, -0.15) is 13.2 Å². The zero-order chi connectivity index (χ0) is 26.3. The Labute approximate surface area is 205 Å². The van der Waals surface area contributed by atoms with Crippen LogP contribution in [0.4, 0.5) is 13.2 Å². The average molecular weight is 508 g/mol. The molecule has 0 unspecified atom stereocenters. The molecule has 2 aromatic heterocycles. The predicted molar refractivity (Wildman–Crippen MR) is 126 cm³/mol. The maximum Gasteiger partial charge on any atom is 0.453 e. The summed E-state index contributed by atoms with van der Waals surface area (Å²) in [5, 5.41) is 0.232. The van der Waals surface area contributed by atoms with Crippen LogP contribution in [-0.2, 0) is 6.18 Å². The summed E-state index contributed by atoms with van der Waals surface area (Å²) in [5.41, 5.74) is -1.96. The van der Waals surface area contributed by atoms with E-state index < -0.39 is 45.9 Å². The molecule has 0 aliphatic rings. The Bertz CT molecular complexity index is 1800. The van der Waals surface area contributed by atoms with Crippen molar-refractivity contribution in [2.24, 2.45) is 0 Å². The third kappa shape index (κ3) is 4.68. The fraction of sp³-hybridized carbons (Fsp3) is 0.0741. The van der Waals surface area contributed by atoms with E-state index in [2.05, 4.69) is 0 Å². The van der Waals surface area contributed by atoms with Crippen molar-refractivity contribution in [3.05, 3.63) is 110 Å². The van der Waals surface area contributed by atoms with Crippen LogP contribution in [0.5, 0.6) is 17.2 Å². The van der Waals surface area contributed by atoms with E-state index in [0.717, 1.165) is 12.1 Å². The molecule has 0 saturated heterocycles. The van der Waals surface area contributed by atoms with Crippen LogP contribution in [-0.4, -0.2) is 5.97 Å². The van der Waals surface area contributed by atoms with E-state index >= 15 is 0 Å². The number of benzene rings is 3. The number of alkyl halides is 3. The van der Waals surface area contributed by atoms with Gasteiger partial charge in [-0.1, -0.05) is 30.3 Å². The van der Waals surface area contributed by atoms with E-state index in [9.17, 15) is 27.6 Å². The van der Waals surface area contributed by atoms with Gasteiger partial charge in [-0.05, 0) is 48.9 Å². The summed E-state index contributed by atoms with van der Waals surface area (Å²) in [5.74, 6) is -4.00. The molecular weight excluding hydrogens is 493 g/mol. The lowest BCUT2D eigenvalue weighted by Gasteiger charge is -2.14. The Balaban J connectivity index is 1.54. The van der Waals surface area contributed by atoms with E-state index in [0.29, 0.717) is 10.9 Å². The van der Waals surface area contributed by atoms with E-state index in [1.54, 1.807) is 43.3 Å². The molecule has 0 amide bonds. The van der Waals surface area contributed by atoms with Crippen molar-refractivity contribution in [1.82, 2.24) is 0 Å². The molecule has 5 rings (SSSR count). The van der Waals surface area contributed by atoms with Crippen molar-refractivity contribution in [3.8, 4) is 17.2 Å². The largest absolute Gasteiger partial charge is 0.453 e. The summed E-state index contributed by atoms with van der Waals surface area (Å²) in [4.78, 5) is 37.8. The first-order valence-electron chi connectivity index (χ1n) is 10.8. The summed E-state index contributed by atoms with van der Waals surface area (Å²) in [6.07, 6.45) is -5.07. The van der Waals surface area contributed by atoms with Crippen molar-refractivity contribution in [2.45, 2.75) is 13.1 Å². The van der Waals surface area contributed by atoms with Crippen LogP contribution in [0, 0.1) is 6.92 Å². The predicted octanol–water partition coefficient (Wildman–Crippen LogP) is 6.24. The first-order valence-corrected chi connectivity index (χ1v) is 10.8. The topological polar surface area (TPSA) is 95.9 Å². The Kier molecular flexibility index (Phi) is 5.79. The van der Waals surface area contributed by atoms with Crippen molar-refractivity contribution in [3.63, 3.8) is 0 Å². The number of hydrogen-bond donors (Lipinski definition) is 0. The van der Waals surface area contributed by atoms with Gasteiger partial charge in [0, 0.05) is 11.5 Å². The van der Waals surface area contributed by atoms with Gasteiger partial charge in [0.2, 0.25) is 11.2 Å². The summed E-state index contributed by atoms with van der Waals surface area (Å²) in [6.45, 7) is 1.71. The SMILES string of the molecule is Cc1cccc(Oc2c(C(F)(F)F)oc3cc(OC(=O)c4cc5ccccc5oc4=O)ccc3c2=O)c1. The maximum absolute atomic E-state index is 13.8. The zero-order valence-corrected chi connectivity index (χ0v) is 18.9. The molecule has 0 atom stereocenters. The molecule has 2 heterocycles. The van der Waals surface area contributed by atoms with Crippen molar-refractivity contribution < 1.29 is 36.3 Å². The van der Waals surface area contributed by atoms with E-state index in [4.69, 9.17) is 18.3 Å². The zero-order valence-electron chi connectivity index (χ0n) is 18.9. The van der Waals surface area contributed by atoms with Gasteiger partial charge >= 0.3 is 17.8 Å². The van der Waals surface area contributed by atoms with Gasteiger partial charge in [0.1, 0.15) is 28.2 Å². The van der Waals surface area contributed by atoms with E-state index in [1.165, 1.54) is 24.3 Å². The van der Waals surface area contributed by atoms with Gasteiger partial charge < -0.3 is 18.3 Å². The second kappa shape index (κ2) is 8.98. The molecular formula is C27H15F3O7. The molecule has 0 saturated carbocycles. The van der Waals surface area contributed by atoms with Crippen LogP contribution in [0.25, 0.3) is 21.9 Å². The molecule has 0 aliphatic carbocycles. The normalized spacial score (nSPS) is 11.6. The lowest BCUT2D eigenvalue weighted by Crippen LogP contribution is -2.19. The average Bonchev–Trinajstić information content (AvgIpc) is 2.84. The molecule has 186 valence electrons. The fourth-order valence-electron chi connectivity index (χ4n) is 3.66. The van der Waals surface area contributed by atoms with Crippen LogP contribution in [0.2, 0.25) is 0 Å². The van der Waals surface area contributed by atoms with Crippen LogP contribution in [0.3, 0.4) is 0 Å². The maximum atomic E-state index is 13.8. The van der Waals surface area contributed by atoms with E-state index in [-0.39, 0.29) is 22.5 Å². The Morgan fingerprint density at radius 3 is 2.38 bits per heavy atom. The molecule has 3 aromatic carbocycles. The summed E-state index contributed by atoms with van der Waals surface area (Å²) in [6, 6.07) is 17.2. The van der Waals surface area contributed by atoms with Gasteiger partial charge in [-0.25, -0.2) is 9.59 Å². The molecule has 0 N–H and O–H groups in total. The molecule has 0 aliphatic heterocycles. The molecule has 0 spiro atoms. The number of ether oxygens (including phenoxy) is 2. The summed E-state index contributed by atoms with van der Waals surface area (Å²) < 4.78 is 62.0. The number of halogens is 3. The summed E-state index contributed by atoms with van der Waals surface area (Å²) >= 11 is 0. The lowest BCUT2D eigenvalue weighted by molar-refractivity contribution is -0.154. The first kappa shape index (κ1) is 23.9. The van der Waals surface area contributed by atoms with Crippen LogP contribution < -0.4 is 20.5 Å². The number of hydrogen-bond acceptors (Lipinski definition) is 7. The number of para-hydroxylation sites is 1. The molecule has 0 radical (unpaired) electrons. The minimum Gasteiger partial charge on any atom is -0.449 e. The van der Waals surface area contributed by atoms with Gasteiger partial charge in [0.25, 0.3) is 5.76 Å². The molecule has 37 heavy (non-hydrogen) atoms. The number of carbonyl (C=O) groups is 1. The molecule has 7 nitrogen and oxygen atoms in total. The minimum absolute atomic E-state index is 0.0249. The monoisotopic (exact) mass is 508 g/mol. The van der Waals surface area contributed by atoms with Crippen LogP contribution in [0.15, 0.2) is 91.2 Å². The summed E-state index contributed by atoms with van der Waals surface area (Å²) in [7, 11) is 0. The third-order valence-electron chi connectivity index (χ3n) is 5.36. The molecule has 0 fully saturated rings. The smallest absolute Gasteiger partial charge is 0.449 e.